The summed E-state index contributed by atoms with van der Waals surface area (Å²) in [6.07, 6.45) is 5.11. The average molecular weight is 335 g/mol. The zero-order valence-electron chi connectivity index (χ0n) is 15.4. The van der Waals surface area contributed by atoms with Crippen LogP contribution in [0.2, 0.25) is 0 Å². The predicted molar refractivity (Wildman–Crippen MR) is 103 cm³/mol. The van der Waals surface area contributed by atoms with E-state index < -0.39 is 0 Å². The highest BCUT2D eigenvalue weighted by Gasteiger charge is 2.43. The lowest BCUT2D eigenvalue weighted by atomic mass is 9.77. The van der Waals surface area contributed by atoms with E-state index in [1.165, 1.54) is 11.1 Å². The van der Waals surface area contributed by atoms with Crippen molar-refractivity contribution < 1.29 is 4.79 Å². The molecule has 0 saturated heterocycles. The van der Waals surface area contributed by atoms with Crippen molar-refractivity contribution in [2.45, 2.75) is 57.4 Å². The Balaban J connectivity index is 1.86. The minimum atomic E-state index is -0.356. The van der Waals surface area contributed by atoms with Crippen LogP contribution in [0.25, 0.3) is 0 Å². The Morgan fingerprint density at radius 2 is 1.52 bits per heavy atom. The maximum atomic E-state index is 13.4. The zero-order chi connectivity index (χ0) is 17.7. The molecule has 1 N–H and O–H groups in total. The standard InChI is InChI=1S/C23H29NO/c1-18(2)17-21(19-11-5-3-6-12-19)24-22(25)23(15-9-10-16-23)20-13-7-4-8-14-20/h3-8,11-14,18,21H,9-10,15-17H2,1-2H3,(H,24,25)/t21-/m1/s1. The number of hydrogen-bond donors (Lipinski definition) is 1. The van der Waals surface area contributed by atoms with Gasteiger partial charge in [0.15, 0.2) is 0 Å². The fraction of sp³-hybridized carbons (Fsp3) is 0.435. The van der Waals surface area contributed by atoms with Crippen LogP contribution in [0.15, 0.2) is 60.7 Å². The molecule has 1 aliphatic carbocycles. The SMILES string of the molecule is CC(C)C[C@@H](NC(=O)C1(c2ccccc2)CCCC1)c1ccccc1. The Labute approximate surface area is 151 Å². The van der Waals surface area contributed by atoms with Crippen LogP contribution in [0, 0.1) is 5.92 Å². The molecule has 132 valence electrons. The van der Waals surface area contributed by atoms with E-state index in [0.29, 0.717) is 5.92 Å². The summed E-state index contributed by atoms with van der Waals surface area (Å²) >= 11 is 0. The molecule has 2 aromatic rings. The van der Waals surface area contributed by atoms with Crippen molar-refractivity contribution in [2.24, 2.45) is 5.92 Å². The van der Waals surface area contributed by atoms with Gasteiger partial charge in [-0.05, 0) is 36.3 Å². The van der Waals surface area contributed by atoms with E-state index >= 15 is 0 Å². The van der Waals surface area contributed by atoms with Gasteiger partial charge < -0.3 is 5.32 Å². The summed E-state index contributed by atoms with van der Waals surface area (Å²) in [4.78, 5) is 13.4. The number of amides is 1. The van der Waals surface area contributed by atoms with Gasteiger partial charge in [-0.3, -0.25) is 4.79 Å². The van der Waals surface area contributed by atoms with Gasteiger partial charge in [-0.1, -0.05) is 87.4 Å². The molecule has 0 radical (unpaired) electrons. The Morgan fingerprint density at radius 3 is 2.08 bits per heavy atom. The Hall–Kier alpha value is -2.09. The molecule has 1 amide bonds. The molecule has 1 atom stereocenters. The fourth-order valence-corrected chi connectivity index (χ4v) is 4.11. The maximum Gasteiger partial charge on any atom is 0.231 e. The van der Waals surface area contributed by atoms with Crippen molar-refractivity contribution in [2.75, 3.05) is 0 Å². The van der Waals surface area contributed by atoms with E-state index in [2.05, 4.69) is 55.6 Å². The van der Waals surface area contributed by atoms with Crippen LogP contribution >= 0.6 is 0 Å². The van der Waals surface area contributed by atoms with Gasteiger partial charge in [-0.25, -0.2) is 0 Å². The highest BCUT2D eigenvalue weighted by atomic mass is 16.2. The van der Waals surface area contributed by atoms with Gasteiger partial charge in [0.25, 0.3) is 0 Å². The van der Waals surface area contributed by atoms with E-state index in [0.717, 1.165) is 32.1 Å². The van der Waals surface area contributed by atoms with Crippen molar-refractivity contribution >= 4 is 5.91 Å². The summed E-state index contributed by atoms with van der Waals surface area (Å²) in [7, 11) is 0. The van der Waals surface area contributed by atoms with Crippen LogP contribution in [-0.2, 0) is 10.2 Å². The zero-order valence-corrected chi connectivity index (χ0v) is 15.4. The molecular formula is C23H29NO. The number of carbonyl (C=O) groups is 1. The molecule has 2 aromatic carbocycles. The van der Waals surface area contributed by atoms with Gasteiger partial charge in [0, 0.05) is 0 Å². The molecule has 1 aliphatic rings. The van der Waals surface area contributed by atoms with E-state index in [1.54, 1.807) is 0 Å². The molecule has 0 spiro atoms. The molecule has 2 nitrogen and oxygen atoms in total. The van der Waals surface area contributed by atoms with Crippen LogP contribution < -0.4 is 5.32 Å². The largest absolute Gasteiger partial charge is 0.349 e. The van der Waals surface area contributed by atoms with Crippen molar-refractivity contribution in [3.8, 4) is 0 Å². The van der Waals surface area contributed by atoms with E-state index in [-0.39, 0.29) is 17.4 Å². The lowest BCUT2D eigenvalue weighted by molar-refractivity contribution is -0.127. The summed E-state index contributed by atoms with van der Waals surface area (Å²) in [5.74, 6) is 0.729. The number of benzene rings is 2. The first kappa shape index (κ1) is 17.7. The molecule has 0 heterocycles. The van der Waals surface area contributed by atoms with Gasteiger partial charge in [0.1, 0.15) is 0 Å². The molecule has 1 saturated carbocycles. The van der Waals surface area contributed by atoms with Crippen molar-refractivity contribution in [1.29, 1.82) is 0 Å². The fourth-order valence-electron chi connectivity index (χ4n) is 4.11. The van der Waals surface area contributed by atoms with E-state index in [9.17, 15) is 4.79 Å². The molecule has 0 bridgehead atoms. The average Bonchev–Trinajstić information content (AvgIpc) is 3.13. The van der Waals surface area contributed by atoms with Gasteiger partial charge in [0.2, 0.25) is 5.91 Å². The molecule has 0 unspecified atom stereocenters. The first-order valence-electron chi connectivity index (χ1n) is 9.53. The lowest BCUT2D eigenvalue weighted by Gasteiger charge is -2.31. The van der Waals surface area contributed by atoms with Crippen LogP contribution in [0.4, 0.5) is 0 Å². The highest BCUT2D eigenvalue weighted by Crippen LogP contribution is 2.42. The minimum absolute atomic E-state index is 0.0786. The van der Waals surface area contributed by atoms with Crippen molar-refractivity contribution in [3.63, 3.8) is 0 Å². The van der Waals surface area contributed by atoms with E-state index in [1.807, 2.05) is 24.3 Å². The minimum Gasteiger partial charge on any atom is -0.349 e. The quantitative estimate of drug-likeness (QED) is 0.752. The number of rotatable bonds is 6. The molecule has 3 rings (SSSR count). The topological polar surface area (TPSA) is 29.1 Å². The first-order chi connectivity index (χ1) is 12.1. The van der Waals surface area contributed by atoms with Crippen LogP contribution in [0.5, 0.6) is 0 Å². The van der Waals surface area contributed by atoms with Crippen LogP contribution in [0.3, 0.4) is 0 Å². The predicted octanol–water partition coefficient (Wildman–Crippen LogP) is 5.40. The molecular weight excluding hydrogens is 306 g/mol. The second kappa shape index (κ2) is 7.86. The maximum absolute atomic E-state index is 13.4. The smallest absolute Gasteiger partial charge is 0.231 e. The first-order valence-corrected chi connectivity index (χ1v) is 9.53. The summed E-state index contributed by atoms with van der Waals surface area (Å²) in [5, 5.41) is 3.41. The third-order valence-electron chi connectivity index (χ3n) is 5.43. The molecule has 2 heteroatoms. The third-order valence-corrected chi connectivity index (χ3v) is 5.43. The summed E-state index contributed by atoms with van der Waals surface area (Å²) < 4.78 is 0. The lowest BCUT2D eigenvalue weighted by Crippen LogP contribution is -2.44. The molecule has 25 heavy (non-hydrogen) atoms. The molecule has 0 aromatic heterocycles. The number of nitrogens with one attached hydrogen (secondary N) is 1. The summed E-state index contributed by atoms with van der Waals surface area (Å²) in [6.45, 7) is 4.43. The monoisotopic (exact) mass is 335 g/mol. The van der Waals surface area contributed by atoms with Gasteiger partial charge in [-0.2, -0.15) is 0 Å². The normalized spacial score (nSPS) is 17.4. The van der Waals surface area contributed by atoms with Gasteiger partial charge in [-0.15, -0.1) is 0 Å². The van der Waals surface area contributed by atoms with Crippen molar-refractivity contribution in [3.05, 3.63) is 71.8 Å². The Bertz CT molecular complexity index is 672. The Kier molecular flexibility index (Phi) is 5.57. The number of carbonyl (C=O) groups excluding carboxylic acids is 1. The molecule has 0 aliphatic heterocycles. The van der Waals surface area contributed by atoms with Crippen molar-refractivity contribution in [1.82, 2.24) is 5.32 Å². The number of hydrogen-bond acceptors (Lipinski definition) is 1. The second-order valence-corrected chi connectivity index (χ2v) is 7.72. The van der Waals surface area contributed by atoms with Gasteiger partial charge >= 0.3 is 0 Å². The Morgan fingerprint density at radius 1 is 0.960 bits per heavy atom. The highest BCUT2D eigenvalue weighted by molar-refractivity contribution is 5.89. The second-order valence-electron chi connectivity index (χ2n) is 7.72. The van der Waals surface area contributed by atoms with E-state index in [4.69, 9.17) is 0 Å². The summed E-state index contributed by atoms with van der Waals surface area (Å²) in [5.41, 5.74) is 2.01. The van der Waals surface area contributed by atoms with Crippen LogP contribution in [-0.4, -0.2) is 5.91 Å². The summed E-state index contributed by atoms with van der Waals surface area (Å²) in [6, 6.07) is 20.8. The van der Waals surface area contributed by atoms with Crippen LogP contribution in [0.1, 0.15) is 63.1 Å². The molecule has 1 fully saturated rings. The third kappa shape index (κ3) is 3.95. The van der Waals surface area contributed by atoms with Gasteiger partial charge in [0.05, 0.1) is 11.5 Å².